The quantitative estimate of drug-likeness (QED) is 0.534. The molecule has 2 nitrogen and oxygen atoms in total. The zero-order chi connectivity index (χ0) is 11.4. The largest absolute Gasteiger partial charge is 0.149 e. The van der Waals surface area contributed by atoms with Crippen LogP contribution in [0.1, 0.15) is 0 Å². The molecule has 74 valence electrons. The molecular weight excluding hydrogens is 196 g/mol. The maximum Gasteiger partial charge on any atom is 0.101 e. The average Bonchev–Trinajstić information content (AvgIpc) is 2.30. The summed E-state index contributed by atoms with van der Waals surface area (Å²) in [5.41, 5.74) is 7.00. The van der Waals surface area contributed by atoms with Crippen LogP contribution in [0.4, 0.5) is 0 Å². The Morgan fingerprint density at radius 1 is 0.625 bits per heavy atom. The number of hydrogen-bond donors (Lipinski definition) is 0. The van der Waals surface area contributed by atoms with Gasteiger partial charge in [0.05, 0.1) is 11.1 Å². The summed E-state index contributed by atoms with van der Waals surface area (Å²) in [5.74, 6) is 0. The van der Waals surface area contributed by atoms with Crippen molar-refractivity contribution in [1.29, 1.82) is 0 Å². The summed E-state index contributed by atoms with van der Waals surface area (Å²) in [6, 6.07) is 0. The number of nitrogens with zero attached hydrogens (tertiary/aromatic N) is 2. The summed E-state index contributed by atoms with van der Waals surface area (Å²) < 4.78 is 0. The van der Waals surface area contributed by atoms with Crippen molar-refractivity contribution in [3.63, 3.8) is 0 Å². The Morgan fingerprint density at radius 2 is 1.00 bits per heavy atom. The van der Waals surface area contributed by atoms with E-state index in [1.807, 2.05) is 0 Å². The predicted molar refractivity (Wildman–Crippen MR) is 64.9 cm³/mol. The molecule has 0 N–H and O–H groups in total. The molecule has 2 rings (SSSR count). The molecule has 0 saturated heterocycles. The van der Waals surface area contributed by atoms with Crippen molar-refractivity contribution in [3.8, 4) is 0 Å². The smallest absolute Gasteiger partial charge is 0.101 e. The number of rotatable bonds is 0. The van der Waals surface area contributed by atoms with Gasteiger partial charge in [-0.15, -0.1) is 10.8 Å². The van der Waals surface area contributed by atoms with Gasteiger partial charge in [-0.05, 0) is 24.3 Å². The molecule has 0 unspecified atom stereocenters. The molecule has 0 spiro atoms. The zero-order valence-corrected chi connectivity index (χ0v) is 8.51. The van der Waals surface area contributed by atoms with Crippen molar-refractivity contribution in [1.82, 2.24) is 10.8 Å². The molecule has 16 heavy (non-hydrogen) atoms. The monoisotopic (exact) mass is 204 g/mol. The highest BCUT2D eigenvalue weighted by Crippen LogP contribution is 2.06. The molecule has 0 aliphatic heterocycles. The molecular formula is C14H8N2. The van der Waals surface area contributed by atoms with E-state index in [9.17, 15) is 10.8 Å². The molecule has 0 aromatic carbocycles. The molecule has 0 aromatic rings. The third-order valence-electron chi connectivity index (χ3n) is 2.14. The Kier molecular flexibility index (Phi) is 2.79. The Hall–Kier alpha value is -2.40. The van der Waals surface area contributed by atoms with Crippen molar-refractivity contribution in [2.75, 3.05) is 0 Å². The maximum atomic E-state index is 9.49. The van der Waals surface area contributed by atoms with E-state index in [0.29, 0.717) is 11.1 Å². The van der Waals surface area contributed by atoms with E-state index >= 15 is 0 Å². The lowest BCUT2D eigenvalue weighted by Gasteiger charge is -1.98. The Balaban J connectivity index is 2.46. The van der Waals surface area contributed by atoms with Gasteiger partial charge < -0.3 is 0 Å². The molecule has 0 amide bonds. The molecule has 0 fully saturated rings. The summed E-state index contributed by atoms with van der Waals surface area (Å²) >= 11 is 0. The standard InChI is InChI=1S/C14H8N2/c15-13-7-3-1-5-11(13)9-10-12-6-2-4-8-14(12)16/h1-8H. The van der Waals surface area contributed by atoms with Gasteiger partial charge in [0, 0.05) is 0 Å². The van der Waals surface area contributed by atoms with Crippen LogP contribution in [0, 0.1) is 0 Å². The summed E-state index contributed by atoms with van der Waals surface area (Å²) in [7, 11) is 0. The molecule has 0 saturated carbocycles. The van der Waals surface area contributed by atoms with E-state index in [1.165, 1.54) is 0 Å². The fraction of sp³-hybridized carbons (Fsp3) is 0. The van der Waals surface area contributed by atoms with Gasteiger partial charge in [0.1, 0.15) is 11.4 Å². The lowest BCUT2D eigenvalue weighted by Crippen LogP contribution is -2.00. The van der Waals surface area contributed by atoms with Gasteiger partial charge in [-0.2, -0.15) is 0 Å². The van der Waals surface area contributed by atoms with Crippen LogP contribution in [0.2, 0.25) is 0 Å². The van der Waals surface area contributed by atoms with E-state index in [0.717, 1.165) is 0 Å². The molecule has 0 aromatic heterocycles. The molecule has 2 aliphatic carbocycles. The highest BCUT2D eigenvalue weighted by molar-refractivity contribution is 6.11. The van der Waals surface area contributed by atoms with Crippen molar-refractivity contribution >= 4 is 11.4 Å². The van der Waals surface area contributed by atoms with Gasteiger partial charge in [0.25, 0.3) is 0 Å². The number of allylic oxidation sites excluding steroid dienone is 10. The van der Waals surface area contributed by atoms with E-state index in [2.05, 4.69) is 11.5 Å². The highest BCUT2D eigenvalue weighted by atomic mass is 14.4. The molecule has 2 radical (unpaired) electrons. The zero-order valence-electron chi connectivity index (χ0n) is 8.51. The normalized spacial score (nSPS) is 17.8. The Bertz CT molecular complexity index is 516. The van der Waals surface area contributed by atoms with Gasteiger partial charge >= 0.3 is 0 Å². The summed E-state index contributed by atoms with van der Waals surface area (Å²) in [5, 5.41) is 19.0. The first-order chi connectivity index (χ1) is 7.77. The van der Waals surface area contributed by atoms with Crippen molar-refractivity contribution < 1.29 is 0 Å². The summed E-state index contributed by atoms with van der Waals surface area (Å²) in [6.45, 7) is 0. The minimum atomic E-state index is 0.144. The fourth-order valence-corrected chi connectivity index (χ4v) is 1.29. The SMILES string of the molecule is [N]=C1C=CC=CC1=C=C=C1C=CC=CC1=[N]. The maximum absolute atomic E-state index is 9.49. The minimum absolute atomic E-state index is 0.144. The lowest BCUT2D eigenvalue weighted by molar-refractivity contribution is 1.65. The van der Waals surface area contributed by atoms with Gasteiger partial charge in [0.15, 0.2) is 0 Å². The lowest BCUT2D eigenvalue weighted by atomic mass is 10.0. The topological polar surface area (TPSA) is 44.6 Å². The van der Waals surface area contributed by atoms with Gasteiger partial charge in [0.2, 0.25) is 0 Å². The van der Waals surface area contributed by atoms with Crippen LogP contribution in [0.3, 0.4) is 0 Å². The second kappa shape index (κ2) is 4.41. The van der Waals surface area contributed by atoms with E-state index in [1.54, 1.807) is 48.6 Å². The van der Waals surface area contributed by atoms with Gasteiger partial charge in [-0.1, -0.05) is 35.8 Å². The summed E-state index contributed by atoms with van der Waals surface area (Å²) in [4.78, 5) is 0. The molecule has 0 heterocycles. The second-order valence-corrected chi connectivity index (χ2v) is 3.28. The molecule has 2 aliphatic rings. The second-order valence-electron chi connectivity index (χ2n) is 3.28. The molecule has 0 bridgehead atoms. The number of hydrogen-bond acceptors (Lipinski definition) is 0. The van der Waals surface area contributed by atoms with Crippen LogP contribution in [0.5, 0.6) is 0 Å². The van der Waals surface area contributed by atoms with Crippen molar-refractivity contribution in [2.45, 2.75) is 0 Å². The third-order valence-corrected chi connectivity index (χ3v) is 2.14. The average molecular weight is 204 g/mol. The first-order valence-electron chi connectivity index (χ1n) is 4.85. The predicted octanol–water partition coefficient (Wildman–Crippen LogP) is 1.33. The Morgan fingerprint density at radius 3 is 1.38 bits per heavy atom. The first kappa shape index (κ1) is 10.1. The van der Waals surface area contributed by atoms with E-state index < -0.39 is 0 Å². The molecule has 0 atom stereocenters. The van der Waals surface area contributed by atoms with Crippen molar-refractivity contribution in [2.24, 2.45) is 0 Å². The van der Waals surface area contributed by atoms with Crippen LogP contribution in [-0.4, -0.2) is 11.4 Å². The Labute approximate surface area is 94.0 Å². The van der Waals surface area contributed by atoms with Gasteiger partial charge in [-0.25, -0.2) is 0 Å². The van der Waals surface area contributed by atoms with E-state index in [-0.39, 0.29) is 11.4 Å². The fourth-order valence-electron chi connectivity index (χ4n) is 1.29. The highest BCUT2D eigenvalue weighted by Gasteiger charge is 2.02. The van der Waals surface area contributed by atoms with Crippen molar-refractivity contribution in [3.05, 3.63) is 71.2 Å². The van der Waals surface area contributed by atoms with Crippen LogP contribution < -0.4 is 10.8 Å². The van der Waals surface area contributed by atoms with Crippen LogP contribution in [0.15, 0.2) is 71.2 Å². The molecule has 2 heteroatoms. The van der Waals surface area contributed by atoms with E-state index in [4.69, 9.17) is 0 Å². The van der Waals surface area contributed by atoms with Gasteiger partial charge in [-0.3, -0.25) is 0 Å². The van der Waals surface area contributed by atoms with Crippen LogP contribution >= 0.6 is 0 Å². The van der Waals surface area contributed by atoms with Crippen LogP contribution in [-0.2, 0) is 0 Å². The van der Waals surface area contributed by atoms with Crippen LogP contribution in [0.25, 0.3) is 0 Å². The third kappa shape index (κ3) is 2.15. The minimum Gasteiger partial charge on any atom is -0.149 e. The first-order valence-corrected chi connectivity index (χ1v) is 4.85. The summed E-state index contributed by atoms with van der Waals surface area (Å²) in [6.07, 6.45) is 13.7.